The second kappa shape index (κ2) is 8.01. The minimum atomic E-state index is -4.51. The minimum Gasteiger partial charge on any atom is -0.469 e. The van der Waals surface area contributed by atoms with Gasteiger partial charge < -0.3 is 14.4 Å². The monoisotopic (exact) mass is 401 g/mol. The summed E-state index contributed by atoms with van der Waals surface area (Å²) in [5.74, 6) is -0.562. The van der Waals surface area contributed by atoms with E-state index in [9.17, 15) is 22.8 Å². The van der Waals surface area contributed by atoms with Gasteiger partial charge in [0.25, 0.3) is 0 Å². The molecule has 1 aromatic rings. The van der Waals surface area contributed by atoms with Crippen molar-refractivity contribution in [3.63, 3.8) is 0 Å². The number of likely N-dealkylation sites (tertiary alicyclic amines) is 1. The summed E-state index contributed by atoms with van der Waals surface area (Å²) in [6.45, 7) is 5.67. The fraction of sp³-hybridized carbons (Fsp3) is 0.600. The number of methoxy groups -OCH3 is 1. The molecule has 0 unspecified atom stereocenters. The minimum absolute atomic E-state index is 0.0473. The Balaban J connectivity index is 2.23. The summed E-state index contributed by atoms with van der Waals surface area (Å²) in [5.41, 5.74) is -2.48. The molecular weight excluding hydrogens is 375 g/mol. The molecule has 5 nitrogen and oxygen atoms in total. The highest BCUT2D eigenvalue weighted by Crippen LogP contribution is 2.40. The summed E-state index contributed by atoms with van der Waals surface area (Å²) in [5, 5.41) is 0. The van der Waals surface area contributed by atoms with Crippen LogP contribution in [-0.2, 0) is 26.9 Å². The Kier molecular flexibility index (Phi) is 6.31. The zero-order valence-electron chi connectivity index (χ0n) is 16.6. The van der Waals surface area contributed by atoms with Crippen molar-refractivity contribution >= 4 is 12.1 Å². The SMILES string of the molecule is COC(=O)C1(Cc2ccccc2C(F)(F)F)CCN(C(=O)OC(C)(C)C)CC1. The van der Waals surface area contributed by atoms with Crippen molar-refractivity contribution in [3.05, 3.63) is 35.4 Å². The molecule has 1 aromatic carbocycles. The summed E-state index contributed by atoms with van der Waals surface area (Å²) < 4.78 is 50.3. The highest BCUT2D eigenvalue weighted by atomic mass is 19.4. The van der Waals surface area contributed by atoms with Crippen LogP contribution in [0.25, 0.3) is 0 Å². The fourth-order valence-electron chi connectivity index (χ4n) is 3.43. The molecule has 0 spiro atoms. The average molecular weight is 401 g/mol. The van der Waals surface area contributed by atoms with E-state index in [1.165, 1.54) is 30.2 Å². The van der Waals surface area contributed by atoms with Crippen LogP contribution in [-0.4, -0.2) is 42.8 Å². The number of rotatable bonds is 3. The van der Waals surface area contributed by atoms with Crippen LogP contribution in [0.15, 0.2) is 24.3 Å². The Morgan fingerprint density at radius 1 is 1.11 bits per heavy atom. The molecule has 2 rings (SSSR count). The summed E-state index contributed by atoms with van der Waals surface area (Å²) in [6.07, 6.45) is -4.71. The molecule has 1 aliphatic rings. The molecule has 0 aromatic heterocycles. The maximum atomic E-state index is 13.4. The number of halogens is 3. The number of alkyl halides is 3. The lowest BCUT2D eigenvalue weighted by Gasteiger charge is -2.40. The Hall–Kier alpha value is -2.25. The van der Waals surface area contributed by atoms with Crippen molar-refractivity contribution in [2.24, 2.45) is 5.41 Å². The topological polar surface area (TPSA) is 55.8 Å². The number of ether oxygens (including phenoxy) is 2. The third kappa shape index (κ3) is 5.17. The molecule has 0 bridgehead atoms. The molecule has 0 aliphatic carbocycles. The summed E-state index contributed by atoms with van der Waals surface area (Å²) in [7, 11) is 1.22. The standard InChI is InChI=1S/C20H26F3NO4/c1-18(2,3)28-17(26)24-11-9-19(10-12-24,16(25)27-4)13-14-7-5-6-8-15(14)20(21,22)23/h5-8H,9-13H2,1-4H3. The maximum Gasteiger partial charge on any atom is 0.416 e. The molecule has 0 radical (unpaired) electrons. The van der Waals surface area contributed by atoms with Gasteiger partial charge in [0.15, 0.2) is 0 Å². The van der Waals surface area contributed by atoms with Crippen LogP contribution in [0, 0.1) is 5.41 Å². The number of esters is 1. The predicted octanol–water partition coefficient (Wildman–Crippen LogP) is 4.44. The van der Waals surface area contributed by atoms with E-state index in [0.717, 1.165) is 6.07 Å². The Labute approximate surface area is 162 Å². The highest BCUT2D eigenvalue weighted by molar-refractivity contribution is 5.78. The summed E-state index contributed by atoms with van der Waals surface area (Å²) in [6, 6.07) is 5.23. The first-order valence-electron chi connectivity index (χ1n) is 9.09. The van der Waals surface area contributed by atoms with Crippen molar-refractivity contribution in [2.45, 2.75) is 51.8 Å². The van der Waals surface area contributed by atoms with E-state index in [0.29, 0.717) is 0 Å². The highest BCUT2D eigenvalue weighted by Gasteiger charge is 2.45. The number of carbonyl (C=O) groups is 2. The van der Waals surface area contributed by atoms with Crippen LogP contribution >= 0.6 is 0 Å². The number of nitrogens with zero attached hydrogens (tertiary/aromatic N) is 1. The number of carbonyl (C=O) groups excluding carboxylic acids is 2. The zero-order valence-corrected chi connectivity index (χ0v) is 16.6. The van der Waals surface area contributed by atoms with Gasteiger partial charge in [0.05, 0.1) is 18.1 Å². The van der Waals surface area contributed by atoms with E-state index in [1.807, 2.05) is 0 Å². The fourth-order valence-corrected chi connectivity index (χ4v) is 3.43. The van der Waals surface area contributed by atoms with Crippen molar-refractivity contribution < 1.29 is 32.2 Å². The van der Waals surface area contributed by atoms with Gasteiger partial charge in [-0.05, 0) is 51.7 Å². The largest absolute Gasteiger partial charge is 0.469 e. The smallest absolute Gasteiger partial charge is 0.416 e. The van der Waals surface area contributed by atoms with Gasteiger partial charge in [0.2, 0.25) is 0 Å². The van der Waals surface area contributed by atoms with E-state index in [-0.39, 0.29) is 37.9 Å². The molecule has 156 valence electrons. The van der Waals surface area contributed by atoms with Crippen LogP contribution < -0.4 is 0 Å². The number of piperidine rings is 1. The Morgan fingerprint density at radius 2 is 1.68 bits per heavy atom. The van der Waals surface area contributed by atoms with Crippen molar-refractivity contribution in [2.75, 3.05) is 20.2 Å². The molecule has 1 amide bonds. The summed E-state index contributed by atoms with van der Waals surface area (Å²) in [4.78, 5) is 26.2. The van der Waals surface area contributed by atoms with Gasteiger partial charge >= 0.3 is 18.2 Å². The first-order chi connectivity index (χ1) is 12.9. The van der Waals surface area contributed by atoms with Gasteiger partial charge in [-0.3, -0.25) is 4.79 Å². The number of benzene rings is 1. The Morgan fingerprint density at radius 3 is 2.18 bits per heavy atom. The normalized spacial score (nSPS) is 17.2. The van der Waals surface area contributed by atoms with E-state index in [2.05, 4.69) is 0 Å². The molecular formula is C20H26F3NO4. The van der Waals surface area contributed by atoms with Crippen molar-refractivity contribution in [1.29, 1.82) is 0 Å². The van der Waals surface area contributed by atoms with Gasteiger partial charge in [0, 0.05) is 13.1 Å². The first kappa shape index (κ1) is 22.0. The predicted molar refractivity (Wildman–Crippen MR) is 96.6 cm³/mol. The van der Waals surface area contributed by atoms with E-state index in [1.54, 1.807) is 20.8 Å². The third-order valence-corrected chi connectivity index (χ3v) is 4.84. The van der Waals surface area contributed by atoms with E-state index >= 15 is 0 Å². The molecule has 28 heavy (non-hydrogen) atoms. The molecule has 0 saturated carbocycles. The number of amides is 1. The van der Waals surface area contributed by atoms with Crippen LogP contribution in [0.3, 0.4) is 0 Å². The van der Waals surface area contributed by atoms with E-state index < -0.39 is 34.8 Å². The molecule has 8 heteroatoms. The summed E-state index contributed by atoms with van der Waals surface area (Å²) >= 11 is 0. The van der Waals surface area contributed by atoms with Crippen LogP contribution in [0.2, 0.25) is 0 Å². The van der Waals surface area contributed by atoms with Crippen LogP contribution in [0.1, 0.15) is 44.7 Å². The second-order valence-corrected chi connectivity index (χ2v) is 8.07. The first-order valence-corrected chi connectivity index (χ1v) is 9.09. The molecule has 1 heterocycles. The van der Waals surface area contributed by atoms with Gasteiger partial charge in [-0.2, -0.15) is 13.2 Å². The Bertz CT molecular complexity index is 717. The third-order valence-electron chi connectivity index (χ3n) is 4.84. The lowest BCUT2D eigenvalue weighted by molar-refractivity contribution is -0.156. The second-order valence-electron chi connectivity index (χ2n) is 8.07. The molecule has 1 fully saturated rings. The number of hydrogen-bond acceptors (Lipinski definition) is 4. The lowest BCUT2D eigenvalue weighted by atomic mass is 9.73. The van der Waals surface area contributed by atoms with Crippen LogP contribution in [0.5, 0.6) is 0 Å². The number of hydrogen-bond donors (Lipinski definition) is 0. The lowest BCUT2D eigenvalue weighted by Crippen LogP contribution is -2.49. The zero-order chi connectivity index (χ0) is 21.2. The maximum absolute atomic E-state index is 13.4. The van der Waals surface area contributed by atoms with Gasteiger partial charge in [0.1, 0.15) is 5.60 Å². The molecule has 1 saturated heterocycles. The average Bonchev–Trinajstić information content (AvgIpc) is 2.59. The van der Waals surface area contributed by atoms with Crippen molar-refractivity contribution in [1.82, 2.24) is 4.90 Å². The van der Waals surface area contributed by atoms with Gasteiger partial charge in [-0.1, -0.05) is 18.2 Å². The molecule has 0 atom stereocenters. The van der Waals surface area contributed by atoms with Gasteiger partial charge in [-0.25, -0.2) is 4.79 Å². The van der Waals surface area contributed by atoms with Crippen molar-refractivity contribution in [3.8, 4) is 0 Å². The molecule has 1 aliphatic heterocycles. The molecule has 0 N–H and O–H groups in total. The quantitative estimate of drug-likeness (QED) is 0.703. The van der Waals surface area contributed by atoms with E-state index in [4.69, 9.17) is 9.47 Å². The van der Waals surface area contributed by atoms with Gasteiger partial charge in [-0.15, -0.1) is 0 Å². The van der Waals surface area contributed by atoms with Crippen LogP contribution in [0.4, 0.5) is 18.0 Å².